The maximum Gasteiger partial charge on any atom is 0.311 e. The van der Waals surface area contributed by atoms with Gasteiger partial charge in [-0.05, 0) is 42.8 Å². The Balaban J connectivity index is 1.54. The van der Waals surface area contributed by atoms with E-state index in [1.54, 1.807) is 24.3 Å². The lowest BCUT2D eigenvalue weighted by Crippen LogP contribution is -2.28. The van der Waals surface area contributed by atoms with Crippen molar-refractivity contribution in [2.45, 2.75) is 13.3 Å². The van der Waals surface area contributed by atoms with Crippen LogP contribution in [0.3, 0.4) is 0 Å². The molecule has 0 unspecified atom stereocenters. The molecular formula is C20H17Cl3N2O4. The van der Waals surface area contributed by atoms with Crippen molar-refractivity contribution in [3.8, 4) is 0 Å². The first-order chi connectivity index (χ1) is 13.7. The van der Waals surface area contributed by atoms with Gasteiger partial charge in [0, 0.05) is 29.4 Å². The quantitative estimate of drug-likeness (QED) is 0.674. The Morgan fingerprint density at radius 2 is 1.86 bits per heavy atom. The van der Waals surface area contributed by atoms with Gasteiger partial charge in [0.05, 0.1) is 16.0 Å². The van der Waals surface area contributed by atoms with E-state index in [0.29, 0.717) is 26.4 Å². The lowest BCUT2D eigenvalue weighted by Gasteiger charge is -2.17. The van der Waals surface area contributed by atoms with Crippen LogP contribution in [-0.2, 0) is 19.1 Å². The van der Waals surface area contributed by atoms with E-state index >= 15 is 0 Å². The highest BCUT2D eigenvalue weighted by molar-refractivity contribution is 6.42. The Morgan fingerprint density at radius 1 is 1.10 bits per heavy atom. The molecular weight excluding hydrogens is 439 g/mol. The Morgan fingerprint density at radius 3 is 2.55 bits per heavy atom. The summed E-state index contributed by atoms with van der Waals surface area (Å²) in [7, 11) is 0. The minimum Gasteiger partial charge on any atom is -0.455 e. The number of ether oxygens (including phenoxy) is 1. The van der Waals surface area contributed by atoms with Crippen LogP contribution in [-0.4, -0.2) is 30.9 Å². The third-order valence-corrected chi connectivity index (χ3v) is 5.62. The molecule has 2 amide bonds. The summed E-state index contributed by atoms with van der Waals surface area (Å²) in [4.78, 5) is 38.1. The van der Waals surface area contributed by atoms with Gasteiger partial charge in [-0.1, -0.05) is 40.9 Å². The summed E-state index contributed by atoms with van der Waals surface area (Å²) in [6.07, 6.45) is 0.0126. The standard InChI is InChI=1S/C20H17Cl3N2O4/c1-11-2-4-14(8-16(11)22)25-9-12(6-19(25)27)20(28)29-10-18(26)24-13-3-5-15(21)17(23)7-13/h2-5,7-8,12H,6,9-10H2,1H3,(H,24,26)/t12-/m0/s1. The van der Waals surface area contributed by atoms with Crippen LogP contribution in [0.25, 0.3) is 0 Å². The van der Waals surface area contributed by atoms with Crippen LogP contribution >= 0.6 is 34.8 Å². The van der Waals surface area contributed by atoms with Crippen molar-refractivity contribution < 1.29 is 19.1 Å². The monoisotopic (exact) mass is 454 g/mol. The fourth-order valence-corrected chi connectivity index (χ4v) is 3.36. The Labute approximate surface area is 182 Å². The Bertz CT molecular complexity index is 980. The number of benzene rings is 2. The highest BCUT2D eigenvalue weighted by Crippen LogP contribution is 2.29. The number of carbonyl (C=O) groups excluding carboxylic acids is 3. The van der Waals surface area contributed by atoms with E-state index in [2.05, 4.69) is 5.32 Å². The first kappa shape index (κ1) is 21.4. The number of rotatable bonds is 5. The summed E-state index contributed by atoms with van der Waals surface area (Å²) < 4.78 is 5.07. The number of esters is 1. The van der Waals surface area contributed by atoms with Gasteiger partial charge < -0.3 is 15.0 Å². The van der Waals surface area contributed by atoms with Crippen molar-refractivity contribution in [3.63, 3.8) is 0 Å². The van der Waals surface area contributed by atoms with Gasteiger partial charge >= 0.3 is 5.97 Å². The summed E-state index contributed by atoms with van der Waals surface area (Å²) in [5.74, 6) is -1.99. The average molecular weight is 456 g/mol. The molecule has 1 N–H and O–H groups in total. The molecule has 0 radical (unpaired) electrons. The van der Waals surface area contributed by atoms with E-state index < -0.39 is 24.4 Å². The van der Waals surface area contributed by atoms with E-state index in [1.807, 2.05) is 13.0 Å². The minimum atomic E-state index is -0.652. The predicted molar refractivity (Wildman–Crippen MR) is 113 cm³/mol. The maximum atomic E-state index is 12.3. The number of anilines is 2. The van der Waals surface area contributed by atoms with Crippen LogP contribution < -0.4 is 10.2 Å². The molecule has 1 saturated heterocycles. The van der Waals surface area contributed by atoms with E-state index in [9.17, 15) is 14.4 Å². The van der Waals surface area contributed by atoms with Crippen molar-refractivity contribution in [1.82, 2.24) is 0 Å². The van der Waals surface area contributed by atoms with Gasteiger partial charge in [-0.3, -0.25) is 14.4 Å². The number of nitrogens with one attached hydrogen (secondary N) is 1. The second-order valence-corrected chi connectivity index (χ2v) is 7.85. The molecule has 1 aliphatic rings. The van der Waals surface area contributed by atoms with Gasteiger partial charge in [-0.15, -0.1) is 0 Å². The van der Waals surface area contributed by atoms with Crippen molar-refractivity contribution in [3.05, 3.63) is 57.0 Å². The number of amides is 2. The number of halogens is 3. The zero-order valence-electron chi connectivity index (χ0n) is 15.4. The normalized spacial score (nSPS) is 16.1. The zero-order chi connectivity index (χ0) is 21.1. The summed E-state index contributed by atoms with van der Waals surface area (Å²) >= 11 is 17.8. The molecule has 1 aliphatic heterocycles. The average Bonchev–Trinajstić information content (AvgIpc) is 3.07. The molecule has 29 heavy (non-hydrogen) atoms. The van der Waals surface area contributed by atoms with Crippen LogP contribution in [0.1, 0.15) is 12.0 Å². The molecule has 9 heteroatoms. The smallest absolute Gasteiger partial charge is 0.311 e. The molecule has 3 rings (SSSR count). The van der Waals surface area contributed by atoms with Gasteiger partial charge in [0.1, 0.15) is 0 Å². The molecule has 6 nitrogen and oxygen atoms in total. The number of nitrogens with zero attached hydrogens (tertiary/aromatic N) is 1. The molecule has 2 aromatic rings. The second-order valence-electron chi connectivity index (χ2n) is 6.62. The Kier molecular flexibility index (Phi) is 6.67. The molecule has 0 bridgehead atoms. The van der Waals surface area contributed by atoms with Crippen LogP contribution in [0.15, 0.2) is 36.4 Å². The van der Waals surface area contributed by atoms with E-state index in [-0.39, 0.29) is 18.9 Å². The molecule has 1 fully saturated rings. The largest absolute Gasteiger partial charge is 0.455 e. The number of aryl methyl sites for hydroxylation is 1. The van der Waals surface area contributed by atoms with Crippen LogP contribution in [0, 0.1) is 12.8 Å². The third kappa shape index (κ3) is 5.21. The summed E-state index contributed by atoms with van der Waals surface area (Å²) in [5, 5.41) is 3.76. The molecule has 0 saturated carbocycles. The summed E-state index contributed by atoms with van der Waals surface area (Å²) in [6, 6.07) is 9.88. The fourth-order valence-electron chi connectivity index (χ4n) is 2.89. The van der Waals surface area contributed by atoms with Crippen molar-refractivity contribution >= 4 is 64.0 Å². The van der Waals surface area contributed by atoms with E-state index in [1.165, 1.54) is 11.0 Å². The third-order valence-electron chi connectivity index (χ3n) is 4.47. The topological polar surface area (TPSA) is 75.7 Å². The molecule has 0 spiro atoms. The SMILES string of the molecule is Cc1ccc(N2C[C@@H](C(=O)OCC(=O)Nc3ccc(Cl)c(Cl)c3)CC2=O)cc1Cl. The number of carbonyl (C=O) groups is 3. The van der Waals surface area contributed by atoms with Gasteiger partial charge in [0.25, 0.3) is 5.91 Å². The van der Waals surface area contributed by atoms with Gasteiger partial charge in [-0.25, -0.2) is 0 Å². The summed E-state index contributed by atoms with van der Waals surface area (Å²) in [5.41, 5.74) is 1.95. The van der Waals surface area contributed by atoms with Crippen molar-refractivity contribution in [2.75, 3.05) is 23.4 Å². The van der Waals surface area contributed by atoms with E-state index in [4.69, 9.17) is 39.5 Å². The predicted octanol–water partition coefficient (Wildman–Crippen LogP) is 4.49. The van der Waals surface area contributed by atoms with Crippen LogP contribution in [0.2, 0.25) is 15.1 Å². The van der Waals surface area contributed by atoms with Gasteiger partial charge in [0.2, 0.25) is 5.91 Å². The first-order valence-corrected chi connectivity index (χ1v) is 9.86. The molecule has 1 heterocycles. The van der Waals surface area contributed by atoms with Gasteiger partial charge in [0.15, 0.2) is 6.61 Å². The molecule has 1 atom stereocenters. The van der Waals surface area contributed by atoms with Crippen LogP contribution in [0.4, 0.5) is 11.4 Å². The minimum absolute atomic E-state index is 0.0126. The number of hydrogen-bond donors (Lipinski definition) is 1. The highest BCUT2D eigenvalue weighted by Gasteiger charge is 2.36. The molecule has 0 aliphatic carbocycles. The maximum absolute atomic E-state index is 12.3. The lowest BCUT2D eigenvalue weighted by atomic mass is 10.1. The van der Waals surface area contributed by atoms with Crippen molar-refractivity contribution in [2.24, 2.45) is 5.92 Å². The van der Waals surface area contributed by atoms with Crippen LogP contribution in [0.5, 0.6) is 0 Å². The number of hydrogen-bond acceptors (Lipinski definition) is 4. The van der Waals surface area contributed by atoms with Gasteiger partial charge in [-0.2, -0.15) is 0 Å². The zero-order valence-corrected chi connectivity index (χ0v) is 17.6. The highest BCUT2D eigenvalue weighted by atomic mass is 35.5. The van der Waals surface area contributed by atoms with Crippen molar-refractivity contribution in [1.29, 1.82) is 0 Å². The lowest BCUT2D eigenvalue weighted by molar-refractivity contribution is -0.151. The molecule has 152 valence electrons. The molecule has 2 aromatic carbocycles. The second kappa shape index (κ2) is 9.03. The summed E-state index contributed by atoms with van der Waals surface area (Å²) in [6.45, 7) is 1.56. The van der Waals surface area contributed by atoms with E-state index in [0.717, 1.165) is 5.56 Å². The Hall–Kier alpha value is -2.28. The molecule has 0 aromatic heterocycles. The first-order valence-electron chi connectivity index (χ1n) is 8.72. The fraction of sp³-hybridized carbons (Fsp3) is 0.250.